The zero-order valence-electron chi connectivity index (χ0n) is 14.1. The normalized spacial score (nSPS) is 12.5. The van der Waals surface area contributed by atoms with Gasteiger partial charge < -0.3 is 20.4 Å². The molecule has 0 saturated heterocycles. The van der Waals surface area contributed by atoms with Crippen molar-refractivity contribution in [2.75, 3.05) is 26.7 Å². The lowest BCUT2D eigenvalue weighted by Gasteiger charge is -2.16. The Bertz CT molecular complexity index is 638. The van der Waals surface area contributed by atoms with Crippen molar-refractivity contribution in [3.63, 3.8) is 0 Å². The number of benzene rings is 1. The number of rotatable bonds is 7. The van der Waals surface area contributed by atoms with Gasteiger partial charge in [-0.25, -0.2) is 0 Å². The van der Waals surface area contributed by atoms with Gasteiger partial charge in [0.2, 0.25) is 0 Å². The van der Waals surface area contributed by atoms with E-state index in [-0.39, 0.29) is 5.91 Å². The fraction of sp³-hybridized carbons (Fsp3) is 0.333. The maximum Gasteiger partial charge on any atom is 0.287 e. The first kappa shape index (κ1) is 17.6. The maximum atomic E-state index is 11.7. The van der Waals surface area contributed by atoms with Crippen molar-refractivity contribution < 1.29 is 9.21 Å². The lowest BCUT2D eigenvalue weighted by atomic mass is 10.0. The number of hydrogen-bond donors (Lipinski definition) is 3. The van der Waals surface area contributed by atoms with Crippen molar-refractivity contribution in [3.05, 3.63) is 60.1 Å². The zero-order chi connectivity index (χ0) is 17.2. The van der Waals surface area contributed by atoms with E-state index in [1.165, 1.54) is 11.8 Å². The minimum absolute atomic E-state index is 0.220. The van der Waals surface area contributed by atoms with E-state index in [9.17, 15) is 4.79 Å². The first-order chi connectivity index (χ1) is 11.7. The fourth-order valence-corrected chi connectivity index (χ4v) is 2.22. The Morgan fingerprint density at radius 2 is 1.83 bits per heavy atom. The summed E-state index contributed by atoms with van der Waals surface area (Å²) in [5, 5.41) is 9.24. The Morgan fingerprint density at radius 1 is 1.08 bits per heavy atom. The van der Waals surface area contributed by atoms with Crippen molar-refractivity contribution in [2.45, 2.75) is 12.8 Å². The molecule has 0 fully saturated rings. The zero-order valence-corrected chi connectivity index (χ0v) is 14.1. The number of carbonyl (C=O) groups excluding carboxylic acids is 1. The highest BCUT2D eigenvalue weighted by molar-refractivity contribution is 5.91. The molecule has 128 valence electrons. The van der Waals surface area contributed by atoms with Crippen LogP contribution in [0.15, 0.2) is 58.1 Å². The molecular weight excluding hydrogens is 304 g/mol. The van der Waals surface area contributed by atoms with Crippen LogP contribution >= 0.6 is 0 Å². The Morgan fingerprint density at radius 3 is 2.50 bits per heavy atom. The first-order valence-corrected chi connectivity index (χ1v) is 8.02. The monoisotopic (exact) mass is 328 g/mol. The van der Waals surface area contributed by atoms with Gasteiger partial charge in [0.15, 0.2) is 11.7 Å². The molecule has 0 aliphatic carbocycles. The number of hydrogen-bond acceptors (Lipinski definition) is 3. The molecule has 0 bridgehead atoms. The van der Waals surface area contributed by atoms with Crippen LogP contribution in [-0.2, 0) is 0 Å². The van der Waals surface area contributed by atoms with Crippen molar-refractivity contribution >= 4 is 11.9 Å². The van der Waals surface area contributed by atoms with Crippen LogP contribution in [0, 0.1) is 0 Å². The Labute approximate surface area is 142 Å². The quantitative estimate of drug-likeness (QED) is 0.412. The van der Waals surface area contributed by atoms with E-state index >= 15 is 0 Å². The van der Waals surface area contributed by atoms with Gasteiger partial charge >= 0.3 is 0 Å². The van der Waals surface area contributed by atoms with Gasteiger partial charge in [-0.15, -0.1) is 0 Å². The Hall–Kier alpha value is -2.76. The van der Waals surface area contributed by atoms with Crippen LogP contribution in [0.2, 0.25) is 0 Å². The second kappa shape index (κ2) is 9.39. The van der Waals surface area contributed by atoms with Crippen molar-refractivity contribution in [2.24, 2.45) is 4.99 Å². The highest BCUT2D eigenvalue weighted by Crippen LogP contribution is 2.12. The lowest BCUT2D eigenvalue weighted by Crippen LogP contribution is -2.42. The number of nitrogens with zero attached hydrogens (tertiary/aromatic N) is 1. The second-order valence-electron chi connectivity index (χ2n) is 5.42. The second-order valence-corrected chi connectivity index (χ2v) is 5.42. The predicted molar refractivity (Wildman–Crippen MR) is 95.3 cm³/mol. The highest BCUT2D eigenvalue weighted by atomic mass is 16.3. The van der Waals surface area contributed by atoms with E-state index < -0.39 is 0 Å². The Kier molecular flexibility index (Phi) is 6.89. The third kappa shape index (κ3) is 5.46. The van der Waals surface area contributed by atoms with E-state index in [1.807, 2.05) is 18.2 Å². The van der Waals surface area contributed by atoms with Gasteiger partial charge in [0, 0.05) is 26.7 Å². The standard InChI is InChI=1S/C18H24N4O2/c1-14(15-7-4-3-5-8-15)13-22-18(19-2)21-11-10-20-17(23)16-9-6-12-24-16/h3-9,12,14H,10-11,13H2,1-2H3,(H,20,23)(H2,19,21,22). The SMILES string of the molecule is CN=C(NCCNC(=O)c1ccco1)NCC(C)c1ccccc1. The van der Waals surface area contributed by atoms with Crippen LogP contribution in [-0.4, -0.2) is 38.5 Å². The number of guanidine groups is 1. The third-order valence-electron chi connectivity index (χ3n) is 3.62. The van der Waals surface area contributed by atoms with Crippen LogP contribution in [0.5, 0.6) is 0 Å². The predicted octanol–water partition coefficient (Wildman–Crippen LogP) is 1.98. The van der Waals surface area contributed by atoms with Gasteiger partial charge in [-0.05, 0) is 23.6 Å². The molecule has 0 aliphatic rings. The average molecular weight is 328 g/mol. The summed E-state index contributed by atoms with van der Waals surface area (Å²) < 4.78 is 5.03. The smallest absolute Gasteiger partial charge is 0.287 e. The number of nitrogens with one attached hydrogen (secondary N) is 3. The molecule has 2 rings (SSSR count). The molecular formula is C18H24N4O2. The molecule has 3 N–H and O–H groups in total. The Balaban J connectivity index is 1.66. The molecule has 0 aliphatic heterocycles. The molecule has 6 nitrogen and oxygen atoms in total. The summed E-state index contributed by atoms with van der Waals surface area (Å²) in [6.07, 6.45) is 1.48. The molecule has 1 aromatic carbocycles. The summed E-state index contributed by atoms with van der Waals surface area (Å²) in [7, 11) is 1.73. The van der Waals surface area contributed by atoms with Gasteiger partial charge in [0.25, 0.3) is 5.91 Å². The average Bonchev–Trinajstić information content (AvgIpc) is 3.16. The van der Waals surface area contributed by atoms with Crippen molar-refractivity contribution in [1.82, 2.24) is 16.0 Å². The summed E-state index contributed by atoms with van der Waals surface area (Å²) >= 11 is 0. The van der Waals surface area contributed by atoms with Gasteiger partial charge in [-0.2, -0.15) is 0 Å². The fourth-order valence-electron chi connectivity index (χ4n) is 2.22. The molecule has 1 heterocycles. The lowest BCUT2D eigenvalue weighted by molar-refractivity contribution is 0.0926. The van der Waals surface area contributed by atoms with E-state index in [0.717, 1.165) is 6.54 Å². The molecule has 1 aromatic heterocycles. The summed E-state index contributed by atoms with van der Waals surface area (Å²) in [5.74, 6) is 1.19. The van der Waals surface area contributed by atoms with Gasteiger partial charge in [0.1, 0.15) is 0 Å². The summed E-state index contributed by atoms with van der Waals surface area (Å²) in [6, 6.07) is 13.7. The molecule has 1 unspecified atom stereocenters. The minimum atomic E-state index is -0.220. The molecule has 6 heteroatoms. The molecule has 0 saturated carbocycles. The van der Waals surface area contributed by atoms with Gasteiger partial charge in [0.05, 0.1) is 6.26 Å². The van der Waals surface area contributed by atoms with Gasteiger partial charge in [-0.1, -0.05) is 37.3 Å². The number of amides is 1. The van der Waals surface area contributed by atoms with E-state index in [0.29, 0.717) is 30.7 Å². The van der Waals surface area contributed by atoms with E-state index in [4.69, 9.17) is 4.42 Å². The van der Waals surface area contributed by atoms with Crippen LogP contribution in [0.3, 0.4) is 0 Å². The van der Waals surface area contributed by atoms with Gasteiger partial charge in [-0.3, -0.25) is 9.79 Å². The van der Waals surface area contributed by atoms with E-state index in [1.54, 1.807) is 19.2 Å². The van der Waals surface area contributed by atoms with Crippen LogP contribution < -0.4 is 16.0 Å². The van der Waals surface area contributed by atoms with Crippen LogP contribution in [0.4, 0.5) is 0 Å². The van der Waals surface area contributed by atoms with Crippen molar-refractivity contribution in [1.29, 1.82) is 0 Å². The highest BCUT2D eigenvalue weighted by Gasteiger charge is 2.08. The molecule has 1 atom stereocenters. The largest absolute Gasteiger partial charge is 0.459 e. The molecule has 0 spiro atoms. The summed E-state index contributed by atoms with van der Waals surface area (Å²) in [5.41, 5.74) is 1.28. The van der Waals surface area contributed by atoms with E-state index in [2.05, 4.69) is 40.0 Å². The number of aliphatic imine (C=N–C) groups is 1. The molecule has 1 amide bonds. The number of carbonyl (C=O) groups is 1. The van der Waals surface area contributed by atoms with Crippen LogP contribution in [0.1, 0.15) is 29.0 Å². The summed E-state index contributed by atoms with van der Waals surface area (Å²) in [4.78, 5) is 15.9. The minimum Gasteiger partial charge on any atom is -0.459 e. The summed E-state index contributed by atoms with van der Waals surface area (Å²) in [6.45, 7) is 4.00. The molecule has 2 aromatic rings. The topological polar surface area (TPSA) is 78.7 Å². The molecule has 24 heavy (non-hydrogen) atoms. The first-order valence-electron chi connectivity index (χ1n) is 8.02. The van der Waals surface area contributed by atoms with Crippen LogP contribution in [0.25, 0.3) is 0 Å². The number of furan rings is 1. The molecule has 0 radical (unpaired) electrons. The maximum absolute atomic E-state index is 11.7. The third-order valence-corrected chi connectivity index (χ3v) is 3.62. The van der Waals surface area contributed by atoms with Crippen molar-refractivity contribution in [3.8, 4) is 0 Å².